The quantitative estimate of drug-likeness (QED) is 0.399. The van der Waals surface area contributed by atoms with Crippen molar-refractivity contribution >= 4 is 5.97 Å². The molecule has 0 fully saturated rings. The van der Waals surface area contributed by atoms with Gasteiger partial charge in [-0.3, -0.25) is 4.79 Å². The van der Waals surface area contributed by atoms with Gasteiger partial charge in [0.2, 0.25) is 0 Å². The number of carboxylic acid groups (broad SMARTS) is 1. The second-order valence-electron chi connectivity index (χ2n) is 8.25. The van der Waals surface area contributed by atoms with Gasteiger partial charge in [0.05, 0.1) is 17.9 Å². The van der Waals surface area contributed by atoms with Crippen molar-refractivity contribution in [2.45, 2.75) is 44.4 Å². The molecule has 1 N–H and O–H groups in total. The van der Waals surface area contributed by atoms with E-state index in [1.807, 2.05) is 42.5 Å². The highest BCUT2D eigenvalue weighted by Gasteiger charge is 2.31. The van der Waals surface area contributed by atoms with E-state index < -0.39 is 17.7 Å². The van der Waals surface area contributed by atoms with Gasteiger partial charge in [0.25, 0.3) is 0 Å². The summed E-state index contributed by atoms with van der Waals surface area (Å²) in [5, 5.41) is 9.11. The standard InChI is InChI=1S/C28H23F3O3/c1-2-4-19(17-27(32)33)18-7-11-24(12-8-18)34-26-14-10-22-15-21(9-13-25(22)26)20-5-3-6-23(16-20)28(29,30)31/h3,5-9,11-13,15-16,19,26H,10,14,17H2,1H3,(H,32,33). The van der Waals surface area contributed by atoms with Gasteiger partial charge in [0.15, 0.2) is 0 Å². The minimum absolute atomic E-state index is 0.0642. The lowest BCUT2D eigenvalue weighted by Gasteiger charge is -2.16. The van der Waals surface area contributed by atoms with Gasteiger partial charge in [-0.15, -0.1) is 5.92 Å². The molecule has 4 rings (SSSR count). The SMILES string of the molecule is CC#CC(CC(=O)O)c1ccc(OC2CCc3cc(-c4cccc(C(F)(F)F)c4)ccc32)cc1. The molecular weight excluding hydrogens is 441 g/mol. The maximum atomic E-state index is 13.1. The first-order chi connectivity index (χ1) is 16.2. The van der Waals surface area contributed by atoms with Gasteiger partial charge >= 0.3 is 12.1 Å². The molecule has 0 saturated heterocycles. The number of aliphatic carboxylic acids is 1. The number of ether oxygens (including phenoxy) is 1. The molecule has 6 heteroatoms. The van der Waals surface area contributed by atoms with Crippen LogP contribution in [0, 0.1) is 11.8 Å². The summed E-state index contributed by atoms with van der Waals surface area (Å²) in [5.41, 5.74) is 3.53. The Morgan fingerprint density at radius 1 is 1.09 bits per heavy atom. The first-order valence-electron chi connectivity index (χ1n) is 11.0. The van der Waals surface area contributed by atoms with Crippen molar-refractivity contribution in [3.05, 3.63) is 89.0 Å². The van der Waals surface area contributed by atoms with E-state index in [1.54, 1.807) is 13.0 Å². The molecule has 0 aromatic heterocycles. The number of fused-ring (bicyclic) bond motifs is 1. The van der Waals surface area contributed by atoms with Gasteiger partial charge < -0.3 is 9.84 Å². The number of hydrogen-bond acceptors (Lipinski definition) is 2. The van der Waals surface area contributed by atoms with Crippen molar-refractivity contribution in [2.75, 3.05) is 0 Å². The molecule has 1 aliphatic rings. The van der Waals surface area contributed by atoms with E-state index in [0.717, 1.165) is 41.2 Å². The highest BCUT2D eigenvalue weighted by molar-refractivity contribution is 5.69. The van der Waals surface area contributed by atoms with Crippen LogP contribution in [0.25, 0.3) is 11.1 Å². The fourth-order valence-electron chi connectivity index (χ4n) is 4.30. The molecule has 34 heavy (non-hydrogen) atoms. The first kappa shape index (κ1) is 23.4. The van der Waals surface area contributed by atoms with Gasteiger partial charge in [0, 0.05) is 0 Å². The molecule has 0 amide bonds. The van der Waals surface area contributed by atoms with Gasteiger partial charge in [-0.1, -0.05) is 48.4 Å². The number of alkyl halides is 3. The van der Waals surface area contributed by atoms with E-state index in [0.29, 0.717) is 11.3 Å². The Morgan fingerprint density at radius 3 is 2.50 bits per heavy atom. The van der Waals surface area contributed by atoms with Crippen LogP contribution in [0.15, 0.2) is 66.7 Å². The number of carboxylic acids is 1. The van der Waals surface area contributed by atoms with Crippen LogP contribution in [0.5, 0.6) is 5.75 Å². The highest BCUT2D eigenvalue weighted by Crippen LogP contribution is 2.38. The normalized spacial score (nSPS) is 15.7. The zero-order valence-electron chi connectivity index (χ0n) is 18.5. The summed E-state index contributed by atoms with van der Waals surface area (Å²) in [6.07, 6.45) is -3.05. The maximum absolute atomic E-state index is 13.1. The summed E-state index contributed by atoms with van der Waals surface area (Å²) in [4.78, 5) is 11.1. The second kappa shape index (κ2) is 9.64. The molecule has 0 bridgehead atoms. The minimum atomic E-state index is -4.38. The summed E-state index contributed by atoms with van der Waals surface area (Å²) >= 11 is 0. The molecule has 174 valence electrons. The number of aryl methyl sites for hydroxylation is 1. The van der Waals surface area contributed by atoms with Gasteiger partial charge in [-0.05, 0) is 71.8 Å². The lowest BCUT2D eigenvalue weighted by molar-refractivity contribution is -0.138. The minimum Gasteiger partial charge on any atom is -0.486 e. The maximum Gasteiger partial charge on any atom is 0.416 e. The monoisotopic (exact) mass is 464 g/mol. The molecule has 3 aromatic rings. The van der Waals surface area contributed by atoms with Crippen molar-refractivity contribution < 1.29 is 27.8 Å². The predicted octanol–water partition coefficient (Wildman–Crippen LogP) is 7.02. The summed E-state index contributed by atoms with van der Waals surface area (Å²) in [6.45, 7) is 1.68. The first-order valence-corrected chi connectivity index (χ1v) is 11.0. The lowest BCUT2D eigenvalue weighted by atomic mass is 9.96. The van der Waals surface area contributed by atoms with Crippen molar-refractivity contribution in [2.24, 2.45) is 0 Å². The highest BCUT2D eigenvalue weighted by atomic mass is 19.4. The van der Waals surface area contributed by atoms with E-state index in [4.69, 9.17) is 9.84 Å². The molecule has 0 saturated carbocycles. The molecule has 0 radical (unpaired) electrons. The third-order valence-electron chi connectivity index (χ3n) is 5.95. The van der Waals surface area contributed by atoms with Crippen molar-refractivity contribution in [3.8, 4) is 28.7 Å². The third-order valence-corrected chi connectivity index (χ3v) is 5.95. The van der Waals surface area contributed by atoms with Crippen LogP contribution in [0.4, 0.5) is 13.2 Å². The van der Waals surface area contributed by atoms with Crippen LogP contribution in [-0.4, -0.2) is 11.1 Å². The van der Waals surface area contributed by atoms with Crippen LogP contribution in [-0.2, 0) is 17.4 Å². The lowest BCUT2D eigenvalue weighted by Crippen LogP contribution is -2.06. The molecule has 0 spiro atoms. The van der Waals surface area contributed by atoms with Crippen molar-refractivity contribution in [3.63, 3.8) is 0 Å². The molecular formula is C28H23F3O3. The Kier molecular flexibility index (Phi) is 6.65. The number of rotatable bonds is 6. The predicted molar refractivity (Wildman–Crippen MR) is 123 cm³/mol. The molecule has 0 heterocycles. The average Bonchev–Trinajstić information content (AvgIpc) is 3.20. The summed E-state index contributed by atoms with van der Waals surface area (Å²) in [6, 6.07) is 18.4. The largest absolute Gasteiger partial charge is 0.486 e. The van der Waals surface area contributed by atoms with Crippen molar-refractivity contribution in [1.29, 1.82) is 0 Å². The molecule has 2 atom stereocenters. The fourth-order valence-corrected chi connectivity index (χ4v) is 4.30. The summed E-state index contributed by atoms with van der Waals surface area (Å²) < 4.78 is 45.4. The van der Waals surface area contributed by atoms with Gasteiger partial charge in [-0.25, -0.2) is 0 Å². The third kappa shape index (κ3) is 5.26. The zero-order valence-corrected chi connectivity index (χ0v) is 18.5. The van der Waals surface area contributed by atoms with E-state index >= 15 is 0 Å². The smallest absolute Gasteiger partial charge is 0.416 e. The molecule has 0 aliphatic heterocycles. The fraction of sp³-hybridized carbons (Fsp3) is 0.250. The Hall–Kier alpha value is -3.72. The second-order valence-corrected chi connectivity index (χ2v) is 8.25. The number of halogens is 3. The van der Waals surface area contributed by atoms with E-state index in [9.17, 15) is 18.0 Å². The Morgan fingerprint density at radius 2 is 1.82 bits per heavy atom. The topological polar surface area (TPSA) is 46.5 Å². The van der Waals surface area contributed by atoms with Gasteiger partial charge in [0.1, 0.15) is 11.9 Å². The Balaban J connectivity index is 1.50. The van der Waals surface area contributed by atoms with E-state index in [2.05, 4.69) is 11.8 Å². The molecule has 3 nitrogen and oxygen atoms in total. The van der Waals surface area contributed by atoms with Crippen LogP contribution < -0.4 is 4.74 Å². The molecule has 3 aromatic carbocycles. The Labute approximate surface area is 196 Å². The van der Waals surface area contributed by atoms with E-state index in [-0.39, 0.29) is 18.4 Å². The van der Waals surface area contributed by atoms with E-state index in [1.165, 1.54) is 12.1 Å². The molecule has 2 unspecified atom stereocenters. The number of hydrogen-bond donors (Lipinski definition) is 1. The van der Waals surface area contributed by atoms with Crippen molar-refractivity contribution in [1.82, 2.24) is 0 Å². The number of carbonyl (C=O) groups is 1. The Bertz CT molecular complexity index is 1250. The van der Waals surface area contributed by atoms with Crippen LogP contribution >= 0.6 is 0 Å². The average molecular weight is 464 g/mol. The summed E-state index contributed by atoms with van der Waals surface area (Å²) in [5.74, 6) is 5.10. The van der Waals surface area contributed by atoms with Crippen LogP contribution in [0.3, 0.4) is 0 Å². The zero-order chi connectivity index (χ0) is 24.3. The van der Waals surface area contributed by atoms with Crippen LogP contribution in [0.1, 0.15) is 54.0 Å². The summed E-state index contributed by atoms with van der Waals surface area (Å²) in [7, 11) is 0. The number of benzene rings is 3. The molecule has 1 aliphatic carbocycles. The van der Waals surface area contributed by atoms with Crippen LogP contribution in [0.2, 0.25) is 0 Å². The van der Waals surface area contributed by atoms with Gasteiger partial charge in [-0.2, -0.15) is 13.2 Å².